The summed E-state index contributed by atoms with van der Waals surface area (Å²) in [7, 11) is 0. The Bertz CT molecular complexity index is 386. The summed E-state index contributed by atoms with van der Waals surface area (Å²) in [5.41, 5.74) is 0.531. The molecule has 1 unspecified atom stereocenters. The molecule has 17 heavy (non-hydrogen) atoms. The highest BCUT2D eigenvalue weighted by molar-refractivity contribution is 5.96. The van der Waals surface area contributed by atoms with Gasteiger partial charge in [0.05, 0.1) is 11.7 Å². The Morgan fingerprint density at radius 1 is 1.59 bits per heavy atom. The fraction of sp³-hybridized carbons (Fsp3) is 0.538. The summed E-state index contributed by atoms with van der Waals surface area (Å²) in [5, 5.41) is 0. The van der Waals surface area contributed by atoms with Crippen LogP contribution >= 0.6 is 0 Å². The van der Waals surface area contributed by atoms with Crippen molar-refractivity contribution in [3.05, 3.63) is 23.9 Å². The summed E-state index contributed by atoms with van der Waals surface area (Å²) in [4.78, 5) is 15.5. The second-order valence-corrected chi connectivity index (χ2v) is 4.21. The minimum Gasteiger partial charge on any atom is -0.474 e. The van der Waals surface area contributed by atoms with Crippen molar-refractivity contribution in [1.82, 2.24) is 4.98 Å². The number of aromatic nitrogens is 1. The molecule has 1 aromatic heterocycles. The lowest BCUT2D eigenvalue weighted by Crippen LogP contribution is -2.26. The molecule has 2 rings (SSSR count). The lowest BCUT2D eigenvalue weighted by atomic mass is 10.1. The molecule has 0 saturated carbocycles. The van der Waals surface area contributed by atoms with Gasteiger partial charge in [-0.1, -0.05) is 0 Å². The number of Topliss-reactive ketones (excluding diaryl/α,β-unsaturated/α-hetero) is 1. The van der Waals surface area contributed by atoms with Crippen LogP contribution in [0.3, 0.4) is 0 Å². The third-order valence-electron chi connectivity index (χ3n) is 2.83. The van der Waals surface area contributed by atoms with Gasteiger partial charge in [-0.05, 0) is 38.3 Å². The molecule has 92 valence electrons. The molecule has 2 heterocycles. The first-order valence-corrected chi connectivity index (χ1v) is 5.97. The predicted molar refractivity (Wildman–Crippen MR) is 63.3 cm³/mol. The van der Waals surface area contributed by atoms with Gasteiger partial charge < -0.3 is 9.47 Å². The molecule has 0 aliphatic carbocycles. The highest BCUT2D eigenvalue weighted by atomic mass is 16.5. The van der Waals surface area contributed by atoms with E-state index in [9.17, 15) is 4.79 Å². The van der Waals surface area contributed by atoms with E-state index in [1.807, 2.05) is 0 Å². The minimum absolute atomic E-state index is 0.0299. The number of carbonyl (C=O) groups is 1. The monoisotopic (exact) mass is 235 g/mol. The second-order valence-electron chi connectivity index (χ2n) is 4.21. The van der Waals surface area contributed by atoms with Crippen LogP contribution in [-0.4, -0.2) is 30.1 Å². The van der Waals surface area contributed by atoms with Crippen LogP contribution in [0.15, 0.2) is 18.3 Å². The third-order valence-corrected chi connectivity index (χ3v) is 2.83. The van der Waals surface area contributed by atoms with Crippen LogP contribution in [0.4, 0.5) is 0 Å². The third kappa shape index (κ3) is 3.27. The maximum Gasteiger partial charge on any atom is 0.224 e. The number of carbonyl (C=O) groups excluding carboxylic acids is 1. The molecule has 4 nitrogen and oxygen atoms in total. The maximum absolute atomic E-state index is 11.4. The van der Waals surface area contributed by atoms with E-state index in [2.05, 4.69) is 4.98 Å². The first-order valence-electron chi connectivity index (χ1n) is 5.97. The Kier molecular flexibility index (Phi) is 4.09. The fourth-order valence-electron chi connectivity index (χ4n) is 1.88. The Morgan fingerprint density at radius 3 is 3.18 bits per heavy atom. The van der Waals surface area contributed by atoms with Gasteiger partial charge in [0.25, 0.3) is 0 Å². The Labute approximate surface area is 101 Å². The van der Waals surface area contributed by atoms with Crippen LogP contribution in [0.1, 0.15) is 36.5 Å². The molecule has 0 spiro atoms. The van der Waals surface area contributed by atoms with Crippen molar-refractivity contribution in [2.24, 2.45) is 0 Å². The largest absolute Gasteiger partial charge is 0.474 e. The summed E-state index contributed by atoms with van der Waals surface area (Å²) >= 11 is 0. The van der Waals surface area contributed by atoms with Crippen LogP contribution in [0, 0.1) is 0 Å². The number of nitrogens with zero attached hydrogens (tertiary/aromatic N) is 1. The van der Waals surface area contributed by atoms with Crippen LogP contribution < -0.4 is 4.74 Å². The number of hydrogen-bond donors (Lipinski definition) is 0. The molecule has 4 heteroatoms. The van der Waals surface area contributed by atoms with Gasteiger partial charge in [-0.3, -0.25) is 4.79 Å². The van der Waals surface area contributed by atoms with Crippen molar-refractivity contribution in [3.8, 4) is 5.88 Å². The van der Waals surface area contributed by atoms with E-state index in [0.29, 0.717) is 18.1 Å². The van der Waals surface area contributed by atoms with E-state index in [0.717, 1.165) is 19.4 Å². The zero-order valence-corrected chi connectivity index (χ0v) is 10.0. The predicted octanol–water partition coefficient (Wildman–Crippen LogP) is 2.23. The Balaban J connectivity index is 1.96. The smallest absolute Gasteiger partial charge is 0.224 e. The number of ketones is 1. The number of hydrogen-bond acceptors (Lipinski definition) is 4. The Hall–Kier alpha value is -1.42. The quantitative estimate of drug-likeness (QED) is 0.751. The molecule has 1 atom stereocenters. The van der Waals surface area contributed by atoms with Crippen LogP contribution in [0.5, 0.6) is 5.88 Å². The van der Waals surface area contributed by atoms with Gasteiger partial charge in [0.2, 0.25) is 5.88 Å². The van der Waals surface area contributed by atoms with Gasteiger partial charge in [0.1, 0.15) is 6.61 Å². The molecule has 0 radical (unpaired) electrons. The lowest BCUT2D eigenvalue weighted by molar-refractivity contribution is -0.0120. The average molecular weight is 235 g/mol. The van der Waals surface area contributed by atoms with E-state index in [1.165, 1.54) is 13.3 Å². The average Bonchev–Trinajstić information content (AvgIpc) is 2.38. The van der Waals surface area contributed by atoms with Crippen molar-refractivity contribution in [3.63, 3.8) is 0 Å². The van der Waals surface area contributed by atoms with Gasteiger partial charge >= 0.3 is 0 Å². The molecule has 0 N–H and O–H groups in total. The number of ether oxygens (including phenoxy) is 2. The van der Waals surface area contributed by atoms with E-state index in [-0.39, 0.29) is 11.9 Å². The fourth-order valence-corrected chi connectivity index (χ4v) is 1.88. The summed E-state index contributed by atoms with van der Waals surface area (Å²) in [6.45, 7) is 2.79. The van der Waals surface area contributed by atoms with Crippen molar-refractivity contribution in [2.45, 2.75) is 32.3 Å². The zero-order valence-electron chi connectivity index (χ0n) is 10.0. The van der Waals surface area contributed by atoms with Crippen molar-refractivity contribution in [2.75, 3.05) is 13.2 Å². The minimum atomic E-state index is -0.0299. The first kappa shape index (κ1) is 12.0. The topological polar surface area (TPSA) is 48.4 Å². The molecule has 1 fully saturated rings. The van der Waals surface area contributed by atoms with E-state index >= 15 is 0 Å². The molecule has 1 aliphatic rings. The molecule has 1 aromatic rings. The van der Waals surface area contributed by atoms with Gasteiger partial charge in [-0.25, -0.2) is 4.98 Å². The van der Waals surface area contributed by atoms with Gasteiger partial charge in [0, 0.05) is 12.8 Å². The molecule has 0 bridgehead atoms. The highest BCUT2D eigenvalue weighted by Gasteiger charge is 2.16. The number of rotatable bonds is 4. The molecule has 0 amide bonds. The van der Waals surface area contributed by atoms with Crippen LogP contribution in [0.25, 0.3) is 0 Å². The first-order chi connectivity index (χ1) is 8.27. The van der Waals surface area contributed by atoms with Crippen molar-refractivity contribution >= 4 is 5.78 Å². The van der Waals surface area contributed by atoms with Crippen molar-refractivity contribution < 1.29 is 14.3 Å². The summed E-state index contributed by atoms with van der Waals surface area (Å²) in [6, 6.07) is 3.47. The standard InChI is InChI=1S/C13H17NO3/c1-10(15)12-6-4-7-14-13(12)17-9-11-5-2-3-8-16-11/h4,6-7,11H,2-3,5,8-9H2,1H3. The van der Waals surface area contributed by atoms with E-state index < -0.39 is 0 Å². The highest BCUT2D eigenvalue weighted by Crippen LogP contribution is 2.18. The van der Waals surface area contributed by atoms with Gasteiger partial charge in [-0.15, -0.1) is 0 Å². The molecule has 1 aliphatic heterocycles. The molecule has 0 aromatic carbocycles. The summed E-state index contributed by atoms with van der Waals surface area (Å²) in [6.07, 6.45) is 5.07. The summed E-state index contributed by atoms with van der Waals surface area (Å²) < 4.78 is 11.1. The molecule has 1 saturated heterocycles. The van der Waals surface area contributed by atoms with E-state index in [4.69, 9.17) is 9.47 Å². The Morgan fingerprint density at radius 2 is 2.47 bits per heavy atom. The van der Waals surface area contributed by atoms with Gasteiger partial charge in [0.15, 0.2) is 5.78 Å². The van der Waals surface area contributed by atoms with Crippen molar-refractivity contribution in [1.29, 1.82) is 0 Å². The second kappa shape index (κ2) is 5.77. The SMILES string of the molecule is CC(=O)c1cccnc1OCC1CCCCO1. The van der Waals surface area contributed by atoms with Crippen LogP contribution in [-0.2, 0) is 4.74 Å². The lowest BCUT2D eigenvalue weighted by Gasteiger charge is -2.22. The van der Waals surface area contributed by atoms with Crippen LogP contribution in [0.2, 0.25) is 0 Å². The zero-order chi connectivity index (χ0) is 12.1. The maximum atomic E-state index is 11.4. The number of pyridine rings is 1. The molecular weight excluding hydrogens is 218 g/mol. The molecular formula is C13H17NO3. The van der Waals surface area contributed by atoms with E-state index in [1.54, 1.807) is 18.3 Å². The summed E-state index contributed by atoms with van der Waals surface area (Å²) in [5.74, 6) is 0.381. The van der Waals surface area contributed by atoms with Gasteiger partial charge in [-0.2, -0.15) is 0 Å². The normalized spacial score (nSPS) is 19.9.